The van der Waals surface area contributed by atoms with Crippen molar-refractivity contribution < 1.29 is 9.53 Å². The SMILES string of the molecule is COC(=O)C1=C2Nc3ccccc3CC=C2CC=C1. The molecule has 96 valence electrons. The van der Waals surface area contributed by atoms with Crippen molar-refractivity contribution in [3.05, 3.63) is 64.9 Å². The fourth-order valence-electron chi connectivity index (χ4n) is 2.46. The Morgan fingerprint density at radius 3 is 2.95 bits per heavy atom. The monoisotopic (exact) mass is 253 g/mol. The second-order valence-electron chi connectivity index (χ2n) is 4.60. The lowest BCUT2D eigenvalue weighted by atomic mass is 9.97. The Morgan fingerprint density at radius 2 is 2.11 bits per heavy atom. The molecule has 1 heterocycles. The van der Waals surface area contributed by atoms with Crippen LogP contribution in [0.25, 0.3) is 0 Å². The van der Waals surface area contributed by atoms with Gasteiger partial charge in [0.1, 0.15) is 0 Å². The van der Waals surface area contributed by atoms with Crippen LogP contribution in [-0.2, 0) is 16.0 Å². The lowest BCUT2D eigenvalue weighted by Gasteiger charge is -2.18. The average molecular weight is 253 g/mol. The summed E-state index contributed by atoms with van der Waals surface area (Å²) in [5, 5.41) is 3.39. The predicted molar refractivity (Wildman–Crippen MR) is 74.7 cm³/mol. The normalized spacial score (nSPS) is 16.8. The molecule has 0 fully saturated rings. The topological polar surface area (TPSA) is 38.3 Å². The molecule has 0 aromatic heterocycles. The molecule has 0 amide bonds. The van der Waals surface area contributed by atoms with Gasteiger partial charge in [0.15, 0.2) is 0 Å². The van der Waals surface area contributed by atoms with Gasteiger partial charge >= 0.3 is 5.97 Å². The minimum atomic E-state index is -0.302. The number of hydrogen-bond donors (Lipinski definition) is 1. The van der Waals surface area contributed by atoms with E-state index in [-0.39, 0.29) is 5.97 Å². The lowest BCUT2D eigenvalue weighted by Crippen LogP contribution is -2.14. The molecule has 0 saturated carbocycles. The number of ether oxygens (including phenoxy) is 1. The van der Waals surface area contributed by atoms with E-state index in [1.54, 1.807) is 0 Å². The van der Waals surface area contributed by atoms with E-state index in [4.69, 9.17) is 4.74 Å². The van der Waals surface area contributed by atoms with E-state index in [1.807, 2.05) is 30.4 Å². The first-order valence-electron chi connectivity index (χ1n) is 6.33. The molecule has 19 heavy (non-hydrogen) atoms. The first kappa shape index (κ1) is 11.8. The van der Waals surface area contributed by atoms with Crippen molar-refractivity contribution in [2.24, 2.45) is 0 Å². The molecule has 1 aromatic rings. The lowest BCUT2D eigenvalue weighted by molar-refractivity contribution is -0.135. The number of carbonyl (C=O) groups excluding carboxylic acids is 1. The number of para-hydroxylation sites is 1. The average Bonchev–Trinajstić information content (AvgIpc) is 2.65. The number of benzene rings is 1. The molecule has 3 nitrogen and oxygen atoms in total. The van der Waals surface area contributed by atoms with Crippen LogP contribution in [0.2, 0.25) is 0 Å². The molecule has 0 radical (unpaired) electrons. The van der Waals surface area contributed by atoms with E-state index >= 15 is 0 Å². The third-order valence-electron chi connectivity index (χ3n) is 3.46. The molecule has 0 saturated heterocycles. The summed E-state index contributed by atoms with van der Waals surface area (Å²) in [5.41, 5.74) is 4.91. The number of carbonyl (C=O) groups is 1. The Morgan fingerprint density at radius 1 is 1.26 bits per heavy atom. The number of methoxy groups -OCH3 is 1. The van der Waals surface area contributed by atoms with E-state index < -0.39 is 0 Å². The van der Waals surface area contributed by atoms with Gasteiger partial charge in [-0.3, -0.25) is 0 Å². The first-order chi connectivity index (χ1) is 9.29. The second-order valence-corrected chi connectivity index (χ2v) is 4.60. The van der Waals surface area contributed by atoms with E-state index in [1.165, 1.54) is 12.7 Å². The van der Waals surface area contributed by atoms with Crippen LogP contribution >= 0.6 is 0 Å². The molecule has 1 aromatic carbocycles. The summed E-state index contributed by atoms with van der Waals surface area (Å²) in [6.45, 7) is 0. The van der Waals surface area contributed by atoms with Crippen molar-refractivity contribution in [3.63, 3.8) is 0 Å². The van der Waals surface area contributed by atoms with Crippen LogP contribution in [0.15, 0.2) is 59.3 Å². The predicted octanol–water partition coefficient (Wildman–Crippen LogP) is 2.97. The molecule has 2 aliphatic rings. The third kappa shape index (κ3) is 2.08. The highest BCUT2D eigenvalue weighted by Crippen LogP contribution is 2.32. The van der Waals surface area contributed by atoms with Crippen molar-refractivity contribution in [2.75, 3.05) is 12.4 Å². The Balaban J connectivity index is 2.11. The maximum atomic E-state index is 11.8. The fourth-order valence-corrected chi connectivity index (χ4v) is 2.46. The zero-order valence-electron chi connectivity index (χ0n) is 10.8. The quantitative estimate of drug-likeness (QED) is 0.782. The molecule has 0 spiro atoms. The molecule has 0 unspecified atom stereocenters. The van der Waals surface area contributed by atoms with Gasteiger partial charge in [-0.1, -0.05) is 30.4 Å². The zero-order chi connectivity index (χ0) is 13.2. The maximum Gasteiger partial charge on any atom is 0.339 e. The summed E-state index contributed by atoms with van der Waals surface area (Å²) in [6, 6.07) is 8.16. The van der Waals surface area contributed by atoms with Crippen LogP contribution in [-0.4, -0.2) is 13.1 Å². The van der Waals surface area contributed by atoms with E-state index in [0.717, 1.165) is 29.8 Å². The highest BCUT2D eigenvalue weighted by atomic mass is 16.5. The van der Waals surface area contributed by atoms with E-state index in [9.17, 15) is 4.79 Å². The number of esters is 1. The van der Waals surface area contributed by atoms with Crippen LogP contribution in [0.3, 0.4) is 0 Å². The van der Waals surface area contributed by atoms with Crippen LogP contribution in [0.4, 0.5) is 5.69 Å². The van der Waals surface area contributed by atoms with Gasteiger partial charge < -0.3 is 10.1 Å². The van der Waals surface area contributed by atoms with Gasteiger partial charge in [0.25, 0.3) is 0 Å². The molecule has 0 atom stereocenters. The minimum absolute atomic E-state index is 0.302. The number of anilines is 1. The van der Waals surface area contributed by atoms with Crippen LogP contribution < -0.4 is 5.32 Å². The van der Waals surface area contributed by atoms with Gasteiger partial charge in [-0.2, -0.15) is 0 Å². The summed E-state index contributed by atoms with van der Waals surface area (Å²) in [4.78, 5) is 11.8. The van der Waals surface area contributed by atoms with Crippen molar-refractivity contribution >= 4 is 11.7 Å². The highest BCUT2D eigenvalue weighted by molar-refractivity contribution is 5.95. The summed E-state index contributed by atoms with van der Waals surface area (Å²) < 4.78 is 4.85. The smallest absolute Gasteiger partial charge is 0.339 e. The Bertz CT molecular complexity index is 623. The first-order valence-corrected chi connectivity index (χ1v) is 6.33. The molecular weight excluding hydrogens is 238 g/mol. The zero-order valence-corrected chi connectivity index (χ0v) is 10.8. The second kappa shape index (κ2) is 4.76. The van der Waals surface area contributed by atoms with Crippen LogP contribution in [0.5, 0.6) is 0 Å². The fraction of sp³-hybridized carbons (Fsp3) is 0.188. The largest absolute Gasteiger partial charge is 0.465 e. The third-order valence-corrected chi connectivity index (χ3v) is 3.46. The maximum absolute atomic E-state index is 11.8. The molecular formula is C16H15NO2. The van der Waals surface area contributed by atoms with Gasteiger partial charge in [-0.05, 0) is 36.1 Å². The molecule has 3 rings (SSSR count). The van der Waals surface area contributed by atoms with E-state index in [0.29, 0.717) is 5.57 Å². The van der Waals surface area contributed by atoms with Crippen LogP contribution in [0.1, 0.15) is 12.0 Å². The molecule has 1 N–H and O–H groups in total. The number of hydrogen-bond acceptors (Lipinski definition) is 3. The Hall–Kier alpha value is -2.29. The summed E-state index contributed by atoms with van der Waals surface area (Å²) in [7, 11) is 1.41. The molecule has 1 aliphatic heterocycles. The number of nitrogens with one attached hydrogen (secondary N) is 1. The number of allylic oxidation sites excluding steroid dienone is 3. The molecule has 1 aliphatic carbocycles. The minimum Gasteiger partial charge on any atom is -0.465 e. The van der Waals surface area contributed by atoms with Crippen LogP contribution in [0, 0.1) is 0 Å². The van der Waals surface area contributed by atoms with E-state index in [2.05, 4.69) is 17.5 Å². The van der Waals surface area contributed by atoms with Gasteiger partial charge in [0, 0.05) is 5.69 Å². The van der Waals surface area contributed by atoms with Crippen molar-refractivity contribution in [1.82, 2.24) is 0 Å². The van der Waals surface area contributed by atoms with Gasteiger partial charge in [0.2, 0.25) is 0 Å². The standard InChI is InChI=1S/C16H15NO2/c1-19-16(18)13-7-4-6-12-10-9-11-5-2-3-8-14(11)17-15(12)13/h2-5,7-8,10,17H,6,9H2,1H3. The number of rotatable bonds is 1. The Labute approximate surface area is 112 Å². The molecule has 3 heteroatoms. The van der Waals surface area contributed by atoms with Crippen molar-refractivity contribution in [2.45, 2.75) is 12.8 Å². The van der Waals surface area contributed by atoms with Gasteiger partial charge in [-0.25, -0.2) is 4.79 Å². The van der Waals surface area contributed by atoms with Crippen molar-refractivity contribution in [1.29, 1.82) is 0 Å². The Kier molecular flexibility index (Phi) is 2.95. The molecule has 0 bridgehead atoms. The van der Waals surface area contributed by atoms with Crippen molar-refractivity contribution in [3.8, 4) is 0 Å². The summed E-state index contributed by atoms with van der Waals surface area (Å²) >= 11 is 0. The van der Waals surface area contributed by atoms with Gasteiger partial charge in [-0.15, -0.1) is 0 Å². The summed E-state index contributed by atoms with van der Waals surface area (Å²) in [5.74, 6) is -0.302. The summed E-state index contributed by atoms with van der Waals surface area (Å²) in [6.07, 6.45) is 7.74. The highest BCUT2D eigenvalue weighted by Gasteiger charge is 2.22. The van der Waals surface area contributed by atoms with Gasteiger partial charge in [0.05, 0.1) is 18.4 Å². The number of fused-ring (bicyclic) bond motifs is 2.